The van der Waals surface area contributed by atoms with Crippen molar-refractivity contribution in [2.45, 2.75) is 25.5 Å². The zero-order valence-electron chi connectivity index (χ0n) is 9.86. The van der Waals surface area contributed by atoms with Crippen LogP contribution in [-0.2, 0) is 0 Å². The van der Waals surface area contributed by atoms with E-state index >= 15 is 0 Å². The molecule has 0 bridgehead atoms. The van der Waals surface area contributed by atoms with Crippen molar-refractivity contribution < 1.29 is 15.0 Å². The van der Waals surface area contributed by atoms with E-state index in [9.17, 15) is 9.90 Å². The second-order valence-electron chi connectivity index (χ2n) is 4.57. The number of hydrogen-bond acceptors (Lipinski definition) is 4. The third kappa shape index (κ3) is 3.33. The Kier molecular flexibility index (Phi) is 4.52. The van der Waals surface area contributed by atoms with Crippen LogP contribution < -0.4 is 10.6 Å². The Hall–Kier alpha value is -0.850. The molecule has 1 aliphatic heterocycles. The van der Waals surface area contributed by atoms with E-state index in [1.165, 1.54) is 0 Å². The number of aliphatic hydroxyl groups is 2. The van der Waals surface area contributed by atoms with E-state index in [-0.39, 0.29) is 12.6 Å². The summed E-state index contributed by atoms with van der Waals surface area (Å²) in [6.45, 7) is 5.98. The number of amides is 2. The number of urea groups is 1. The Morgan fingerprint density at radius 2 is 2.31 bits per heavy atom. The SMILES string of the molecule is CC(C)(NCCN1CCNC1=O)C(O)CO. The maximum atomic E-state index is 11.2. The van der Waals surface area contributed by atoms with Gasteiger partial charge in [0.25, 0.3) is 0 Å². The van der Waals surface area contributed by atoms with E-state index in [2.05, 4.69) is 10.6 Å². The van der Waals surface area contributed by atoms with Gasteiger partial charge >= 0.3 is 6.03 Å². The number of rotatable bonds is 6. The van der Waals surface area contributed by atoms with E-state index in [4.69, 9.17) is 5.11 Å². The molecule has 4 N–H and O–H groups in total. The Morgan fingerprint density at radius 3 is 2.81 bits per heavy atom. The molecule has 0 aromatic rings. The van der Waals surface area contributed by atoms with Crippen LogP contribution in [0.5, 0.6) is 0 Å². The average molecular weight is 231 g/mol. The minimum absolute atomic E-state index is 0.0395. The fourth-order valence-corrected chi connectivity index (χ4v) is 1.58. The van der Waals surface area contributed by atoms with Gasteiger partial charge in [0, 0.05) is 31.7 Å². The predicted molar refractivity (Wildman–Crippen MR) is 60.1 cm³/mol. The molecule has 0 aromatic carbocycles. The maximum Gasteiger partial charge on any atom is 0.317 e. The number of nitrogens with zero attached hydrogens (tertiary/aromatic N) is 1. The van der Waals surface area contributed by atoms with Crippen molar-refractivity contribution in [2.75, 3.05) is 32.8 Å². The molecule has 94 valence electrons. The molecule has 1 saturated heterocycles. The molecule has 1 heterocycles. The minimum atomic E-state index is -0.806. The molecule has 1 unspecified atom stereocenters. The molecule has 0 saturated carbocycles. The van der Waals surface area contributed by atoms with E-state index in [1.54, 1.807) is 4.90 Å². The Morgan fingerprint density at radius 1 is 1.62 bits per heavy atom. The van der Waals surface area contributed by atoms with Gasteiger partial charge in [-0.15, -0.1) is 0 Å². The fourth-order valence-electron chi connectivity index (χ4n) is 1.58. The minimum Gasteiger partial charge on any atom is -0.394 e. The first-order valence-electron chi connectivity index (χ1n) is 5.54. The van der Waals surface area contributed by atoms with Gasteiger partial charge in [-0.3, -0.25) is 0 Å². The van der Waals surface area contributed by atoms with Gasteiger partial charge in [-0.05, 0) is 13.8 Å². The first kappa shape index (κ1) is 13.2. The summed E-state index contributed by atoms with van der Waals surface area (Å²) in [6, 6.07) is -0.0395. The monoisotopic (exact) mass is 231 g/mol. The summed E-state index contributed by atoms with van der Waals surface area (Å²) < 4.78 is 0. The maximum absolute atomic E-state index is 11.2. The lowest BCUT2D eigenvalue weighted by molar-refractivity contribution is 0.0281. The molecule has 0 aliphatic carbocycles. The van der Waals surface area contributed by atoms with Crippen LogP contribution in [0.15, 0.2) is 0 Å². The quantitative estimate of drug-likeness (QED) is 0.459. The Bertz CT molecular complexity index is 245. The summed E-state index contributed by atoms with van der Waals surface area (Å²) in [5.41, 5.74) is -0.551. The number of carbonyl (C=O) groups excluding carboxylic acids is 1. The van der Waals surface area contributed by atoms with Gasteiger partial charge in [0.1, 0.15) is 0 Å². The summed E-state index contributed by atoms with van der Waals surface area (Å²) in [5, 5.41) is 24.2. The molecule has 6 nitrogen and oxygen atoms in total. The summed E-state index contributed by atoms with van der Waals surface area (Å²) in [5.74, 6) is 0. The van der Waals surface area contributed by atoms with Gasteiger partial charge in [0.05, 0.1) is 12.7 Å². The van der Waals surface area contributed by atoms with Crippen LogP contribution >= 0.6 is 0 Å². The van der Waals surface area contributed by atoms with Gasteiger partial charge in [0.2, 0.25) is 0 Å². The van der Waals surface area contributed by atoms with Crippen LogP contribution in [-0.4, -0.2) is 65.6 Å². The van der Waals surface area contributed by atoms with Crippen molar-refractivity contribution in [3.8, 4) is 0 Å². The average Bonchev–Trinajstić information content (AvgIpc) is 2.63. The normalized spacial score (nSPS) is 18.8. The zero-order chi connectivity index (χ0) is 12.2. The number of hydrogen-bond donors (Lipinski definition) is 4. The summed E-state index contributed by atoms with van der Waals surface area (Å²) in [7, 11) is 0. The van der Waals surface area contributed by atoms with Crippen molar-refractivity contribution in [3.05, 3.63) is 0 Å². The third-order valence-electron chi connectivity index (χ3n) is 2.91. The molecule has 1 fully saturated rings. The molecular formula is C10H21N3O3. The molecule has 1 atom stereocenters. The molecule has 16 heavy (non-hydrogen) atoms. The van der Waals surface area contributed by atoms with Crippen molar-refractivity contribution in [1.82, 2.24) is 15.5 Å². The summed E-state index contributed by atoms with van der Waals surface area (Å²) in [6.07, 6.45) is -0.806. The highest BCUT2D eigenvalue weighted by atomic mass is 16.3. The third-order valence-corrected chi connectivity index (χ3v) is 2.91. The Labute approximate surface area is 95.6 Å². The molecule has 0 aromatic heterocycles. The molecule has 1 rings (SSSR count). The van der Waals surface area contributed by atoms with Gasteiger partial charge in [-0.2, -0.15) is 0 Å². The van der Waals surface area contributed by atoms with Gasteiger partial charge in [0.15, 0.2) is 0 Å². The van der Waals surface area contributed by atoms with Gasteiger partial charge in [-0.25, -0.2) is 4.79 Å². The van der Waals surface area contributed by atoms with Crippen molar-refractivity contribution in [1.29, 1.82) is 0 Å². The lowest BCUT2D eigenvalue weighted by Crippen LogP contribution is -2.53. The second-order valence-corrected chi connectivity index (χ2v) is 4.57. The number of aliphatic hydroxyl groups excluding tert-OH is 2. The van der Waals surface area contributed by atoms with Crippen molar-refractivity contribution >= 4 is 6.03 Å². The summed E-state index contributed by atoms with van der Waals surface area (Å²) in [4.78, 5) is 12.9. The van der Waals surface area contributed by atoms with E-state index in [0.29, 0.717) is 19.6 Å². The standard InChI is InChI=1S/C10H21N3O3/c1-10(2,8(15)7-14)12-4-6-13-5-3-11-9(13)16/h8,12,14-15H,3-7H2,1-2H3,(H,11,16). The molecular weight excluding hydrogens is 210 g/mol. The van der Waals surface area contributed by atoms with Gasteiger partial charge in [-0.1, -0.05) is 0 Å². The molecule has 0 spiro atoms. The van der Waals surface area contributed by atoms with E-state index in [1.807, 2.05) is 13.8 Å². The highest BCUT2D eigenvalue weighted by molar-refractivity contribution is 5.76. The predicted octanol–water partition coefficient (Wildman–Crippen LogP) is -1.27. The van der Waals surface area contributed by atoms with Crippen LogP contribution in [0, 0.1) is 0 Å². The fraction of sp³-hybridized carbons (Fsp3) is 0.900. The van der Waals surface area contributed by atoms with Crippen molar-refractivity contribution in [2.24, 2.45) is 0 Å². The molecule has 6 heteroatoms. The van der Waals surface area contributed by atoms with E-state index in [0.717, 1.165) is 6.54 Å². The summed E-state index contributed by atoms with van der Waals surface area (Å²) >= 11 is 0. The van der Waals surface area contributed by atoms with E-state index < -0.39 is 11.6 Å². The highest BCUT2D eigenvalue weighted by Gasteiger charge is 2.27. The van der Waals surface area contributed by atoms with Crippen LogP contribution in [0.1, 0.15) is 13.8 Å². The number of nitrogens with one attached hydrogen (secondary N) is 2. The topological polar surface area (TPSA) is 84.8 Å². The lowest BCUT2D eigenvalue weighted by Gasteiger charge is -2.31. The second kappa shape index (κ2) is 5.47. The highest BCUT2D eigenvalue weighted by Crippen LogP contribution is 2.08. The largest absolute Gasteiger partial charge is 0.394 e. The molecule has 1 aliphatic rings. The molecule has 0 radical (unpaired) electrons. The molecule has 2 amide bonds. The lowest BCUT2D eigenvalue weighted by atomic mass is 9.98. The van der Waals surface area contributed by atoms with Crippen LogP contribution in [0.3, 0.4) is 0 Å². The van der Waals surface area contributed by atoms with Crippen LogP contribution in [0.4, 0.5) is 4.79 Å². The number of carbonyl (C=O) groups is 1. The first-order valence-corrected chi connectivity index (χ1v) is 5.54. The first-order chi connectivity index (χ1) is 7.47. The van der Waals surface area contributed by atoms with Crippen LogP contribution in [0.25, 0.3) is 0 Å². The smallest absolute Gasteiger partial charge is 0.317 e. The Balaban J connectivity index is 2.26. The zero-order valence-corrected chi connectivity index (χ0v) is 9.86. The van der Waals surface area contributed by atoms with Gasteiger partial charge < -0.3 is 25.7 Å². The van der Waals surface area contributed by atoms with Crippen molar-refractivity contribution in [3.63, 3.8) is 0 Å². The van der Waals surface area contributed by atoms with Crippen LogP contribution in [0.2, 0.25) is 0 Å².